The average Bonchev–Trinajstić information content (AvgIpc) is 3.08. The predicted octanol–water partition coefficient (Wildman–Crippen LogP) is 3.20. The number of nitrogens with one attached hydrogen (secondary N) is 1. The van der Waals surface area contributed by atoms with E-state index in [4.69, 9.17) is 0 Å². The van der Waals surface area contributed by atoms with Crippen LogP contribution in [0.3, 0.4) is 0 Å². The molecule has 1 N–H and O–H groups in total. The zero-order valence-electron chi connectivity index (χ0n) is 13.2. The summed E-state index contributed by atoms with van der Waals surface area (Å²) in [5, 5.41) is 4.50. The summed E-state index contributed by atoms with van der Waals surface area (Å²) in [4.78, 5) is 18.9. The van der Waals surface area contributed by atoms with Crippen LogP contribution in [0.4, 0.5) is 5.82 Å². The number of aryl methyl sites for hydroxylation is 3. The van der Waals surface area contributed by atoms with E-state index in [1.807, 2.05) is 24.7 Å². The Labute approximate surface area is 137 Å². The van der Waals surface area contributed by atoms with Crippen LogP contribution in [0.15, 0.2) is 24.8 Å². The van der Waals surface area contributed by atoms with Crippen molar-refractivity contribution >= 4 is 37.6 Å². The molecule has 0 aliphatic heterocycles. The Morgan fingerprint density at radius 3 is 2.87 bits per heavy atom. The van der Waals surface area contributed by atoms with E-state index in [-0.39, 0.29) is 0 Å². The van der Waals surface area contributed by atoms with E-state index in [0.717, 1.165) is 37.8 Å². The van der Waals surface area contributed by atoms with Gasteiger partial charge in [0.25, 0.3) is 0 Å². The fraction of sp³-hybridized carbons (Fsp3) is 0.250. The van der Waals surface area contributed by atoms with Gasteiger partial charge in [-0.2, -0.15) is 0 Å². The summed E-state index contributed by atoms with van der Waals surface area (Å²) in [5.41, 5.74) is 3.19. The van der Waals surface area contributed by atoms with Gasteiger partial charge in [-0.15, -0.1) is 11.3 Å². The fourth-order valence-corrected chi connectivity index (χ4v) is 3.98. The molecule has 0 aliphatic carbocycles. The number of imidazole rings is 1. The molecule has 4 rings (SSSR count). The first-order valence-electron chi connectivity index (χ1n) is 7.35. The van der Waals surface area contributed by atoms with E-state index < -0.39 is 0 Å². The maximum absolute atomic E-state index is 4.65. The van der Waals surface area contributed by atoms with Gasteiger partial charge in [-0.05, 0) is 25.5 Å². The SMILES string of the molecule is Cc1cc(C)c2c(n1)sc1c(NCc3nccn3C)ncnc12. The Kier molecular flexibility index (Phi) is 3.23. The van der Waals surface area contributed by atoms with E-state index in [2.05, 4.69) is 38.2 Å². The van der Waals surface area contributed by atoms with Crippen molar-refractivity contribution in [1.29, 1.82) is 0 Å². The molecular weight excluding hydrogens is 308 g/mol. The quantitative estimate of drug-likeness (QED) is 0.627. The number of thiophene rings is 1. The molecule has 0 amide bonds. The van der Waals surface area contributed by atoms with Crippen molar-refractivity contribution in [2.45, 2.75) is 20.4 Å². The molecule has 0 bridgehead atoms. The van der Waals surface area contributed by atoms with Crippen LogP contribution in [-0.2, 0) is 13.6 Å². The topological polar surface area (TPSA) is 68.5 Å². The van der Waals surface area contributed by atoms with Crippen molar-refractivity contribution in [3.63, 3.8) is 0 Å². The fourth-order valence-electron chi connectivity index (χ4n) is 2.77. The molecule has 0 radical (unpaired) electrons. The zero-order valence-corrected chi connectivity index (χ0v) is 14.0. The molecule has 4 aromatic heterocycles. The molecule has 0 unspecified atom stereocenters. The molecule has 0 spiro atoms. The minimum atomic E-state index is 0.620. The number of hydrogen-bond donors (Lipinski definition) is 1. The van der Waals surface area contributed by atoms with E-state index in [1.165, 1.54) is 5.56 Å². The van der Waals surface area contributed by atoms with E-state index in [0.29, 0.717) is 6.54 Å². The number of aromatic nitrogens is 5. The van der Waals surface area contributed by atoms with Gasteiger partial charge in [0.15, 0.2) is 0 Å². The third kappa shape index (κ3) is 2.33. The van der Waals surface area contributed by atoms with E-state index in [9.17, 15) is 0 Å². The minimum Gasteiger partial charge on any atom is -0.362 e. The summed E-state index contributed by atoms with van der Waals surface area (Å²) in [6, 6.07) is 2.09. The summed E-state index contributed by atoms with van der Waals surface area (Å²) in [5.74, 6) is 1.79. The highest BCUT2D eigenvalue weighted by Crippen LogP contribution is 2.36. The highest BCUT2D eigenvalue weighted by atomic mass is 32.1. The lowest BCUT2D eigenvalue weighted by Gasteiger charge is -2.06. The number of hydrogen-bond acceptors (Lipinski definition) is 6. The Balaban J connectivity index is 1.81. The Hall–Kier alpha value is -2.54. The smallest absolute Gasteiger partial charge is 0.147 e. The summed E-state index contributed by atoms with van der Waals surface area (Å²) in [6.07, 6.45) is 5.33. The molecule has 6 nitrogen and oxygen atoms in total. The second-order valence-corrected chi connectivity index (χ2v) is 6.57. The van der Waals surface area contributed by atoms with Crippen LogP contribution in [0.2, 0.25) is 0 Å². The van der Waals surface area contributed by atoms with Crippen molar-refractivity contribution in [2.75, 3.05) is 5.32 Å². The van der Waals surface area contributed by atoms with Gasteiger partial charge in [0.05, 0.1) is 16.8 Å². The summed E-state index contributed by atoms with van der Waals surface area (Å²) < 4.78 is 3.03. The number of rotatable bonds is 3. The third-order valence-corrected chi connectivity index (χ3v) is 4.97. The Morgan fingerprint density at radius 2 is 2.09 bits per heavy atom. The first-order chi connectivity index (χ1) is 11.1. The van der Waals surface area contributed by atoms with Gasteiger partial charge >= 0.3 is 0 Å². The second-order valence-electron chi connectivity index (χ2n) is 5.57. The second kappa shape index (κ2) is 5.27. The first kappa shape index (κ1) is 14.1. The van der Waals surface area contributed by atoms with Gasteiger partial charge in [-0.1, -0.05) is 0 Å². The third-order valence-electron chi connectivity index (χ3n) is 3.89. The van der Waals surface area contributed by atoms with Crippen molar-refractivity contribution in [3.05, 3.63) is 41.9 Å². The van der Waals surface area contributed by atoms with Gasteiger partial charge in [0.1, 0.15) is 22.8 Å². The van der Waals surface area contributed by atoms with Crippen LogP contribution in [0, 0.1) is 13.8 Å². The van der Waals surface area contributed by atoms with E-state index in [1.54, 1.807) is 23.9 Å². The van der Waals surface area contributed by atoms with E-state index >= 15 is 0 Å². The first-order valence-corrected chi connectivity index (χ1v) is 8.16. The minimum absolute atomic E-state index is 0.620. The molecule has 4 aromatic rings. The van der Waals surface area contributed by atoms with Gasteiger partial charge in [-0.25, -0.2) is 19.9 Å². The largest absolute Gasteiger partial charge is 0.362 e. The lowest BCUT2D eigenvalue weighted by Crippen LogP contribution is -2.06. The van der Waals surface area contributed by atoms with Gasteiger partial charge in [-0.3, -0.25) is 0 Å². The number of nitrogens with zero attached hydrogens (tertiary/aromatic N) is 5. The zero-order chi connectivity index (χ0) is 16.0. The Bertz CT molecular complexity index is 1020. The molecule has 0 saturated heterocycles. The highest BCUT2D eigenvalue weighted by Gasteiger charge is 2.14. The van der Waals surface area contributed by atoms with Crippen molar-refractivity contribution < 1.29 is 0 Å². The van der Waals surface area contributed by atoms with Crippen molar-refractivity contribution in [1.82, 2.24) is 24.5 Å². The van der Waals surface area contributed by atoms with Crippen LogP contribution < -0.4 is 5.32 Å². The van der Waals surface area contributed by atoms with Crippen molar-refractivity contribution in [2.24, 2.45) is 7.05 Å². The lowest BCUT2D eigenvalue weighted by atomic mass is 10.1. The molecule has 0 saturated carbocycles. The maximum atomic E-state index is 4.65. The number of anilines is 1. The lowest BCUT2D eigenvalue weighted by molar-refractivity contribution is 0.811. The summed E-state index contributed by atoms with van der Waals surface area (Å²) in [7, 11) is 1.98. The molecule has 0 atom stereocenters. The standard InChI is InChI=1S/C16H16N6S/c1-9-6-10(2)21-16-12(9)13-14(23-16)15(20-8-19-13)18-7-11-17-4-5-22(11)3/h4-6,8H,7H2,1-3H3,(H,18,19,20). The molecule has 23 heavy (non-hydrogen) atoms. The normalized spacial score (nSPS) is 11.4. The number of pyridine rings is 1. The summed E-state index contributed by atoms with van der Waals surface area (Å²) >= 11 is 1.63. The van der Waals surface area contributed by atoms with Crippen LogP contribution >= 0.6 is 11.3 Å². The monoisotopic (exact) mass is 324 g/mol. The average molecular weight is 324 g/mol. The van der Waals surface area contributed by atoms with Crippen LogP contribution in [-0.4, -0.2) is 24.5 Å². The molecule has 116 valence electrons. The highest BCUT2D eigenvalue weighted by molar-refractivity contribution is 7.26. The van der Waals surface area contributed by atoms with Gasteiger partial charge in [0.2, 0.25) is 0 Å². The Morgan fingerprint density at radius 1 is 1.22 bits per heavy atom. The molecule has 0 aromatic carbocycles. The van der Waals surface area contributed by atoms with Crippen LogP contribution in [0.25, 0.3) is 20.4 Å². The van der Waals surface area contributed by atoms with Crippen LogP contribution in [0.1, 0.15) is 17.1 Å². The van der Waals surface area contributed by atoms with Gasteiger partial charge < -0.3 is 9.88 Å². The van der Waals surface area contributed by atoms with Crippen LogP contribution in [0.5, 0.6) is 0 Å². The maximum Gasteiger partial charge on any atom is 0.147 e. The molecule has 7 heteroatoms. The molecule has 4 heterocycles. The van der Waals surface area contributed by atoms with Crippen molar-refractivity contribution in [3.8, 4) is 0 Å². The summed E-state index contributed by atoms with van der Waals surface area (Å²) in [6.45, 7) is 4.74. The van der Waals surface area contributed by atoms with Gasteiger partial charge in [0, 0.05) is 30.5 Å². The molecular formula is C16H16N6S. The number of fused-ring (bicyclic) bond motifs is 3. The predicted molar refractivity (Wildman–Crippen MR) is 92.7 cm³/mol. The molecule has 0 fully saturated rings. The molecule has 0 aliphatic rings.